The van der Waals surface area contributed by atoms with Crippen molar-refractivity contribution in [2.24, 2.45) is 0 Å². The van der Waals surface area contributed by atoms with Gasteiger partial charge in [0, 0.05) is 5.56 Å². The molecule has 104 valence electrons. The van der Waals surface area contributed by atoms with Gasteiger partial charge in [0.2, 0.25) is 0 Å². The van der Waals surface area contributed by atoms with Crippen molar-refractivity contribution in [2.75, 3.05) is 0 Å². The molecule has 2 heteroatoms. The van der Waals surface area contributed by atoms with E-state index in [1.54, 1.807) is 0 Å². The fourth-order valence-electron chi connectivity index (χ4n) is 2.22. The topological polar surface area (TPSA) is 29.1 Å². The fraction of sp³-hybridized carbons (Fsp3) is 0.278. The maximum absolute atomic E-state index is 12.2. The zero-order valence-electron chi connectivity index (χ0n) is 12.1. The van der Waals surface area contributed by atoms with Crippen molar-refractivity contribution in [1.82, 2.24) is 5.32 Å². The molecule has 0 radical (unpaired) electrons. The summed E-state index contributed by atoms with van der Waals surface area (Å²) >= 11 is 0. The smallest absolute Gasteiger partial charge is 0.251 e. The quantitative estimate of drug-likeness (QED) is 0.867. The van der Waals surface area contributed by atoms with E-state index in [1.165, 1.54) is 5.56 Å². The highest BCUT2D eigenvalue weighted by Crippen LogP contribution is 2.13. The van der Waals surface area contributed by atoms with Gasteiger partial charge in [-0.1, -0.05) is 55.8 Å². The Hall–Kier alpha value is -2.09. The van der Waals surface area contributed by atoms with Crippen LogP contribution in [0.3, 0.4) is 0 Å². The average Bonchev–Trinajstić information content (AvgIpc) is 2.49. The molecule has 0 spiro atoms. The molecule has 2 aromatic rings. The molecule has 0 saturated carbocycles. The third kappa shape index (κ3) is 3.70. The fourth-order valence-corrected chi connectivity index (χ4v) is 2.22. The first-order chi connectivity index (χ1) is 9.70. The van der Waals surface area contributed by atoms with Gasteiger partial charge >= 0.3 is 0 Å². The van der Waals surface area contributed by atoms with Crippen LogP contribution in [0.2, 0.25) is 0 Å². The summed E-state index contributed by atoms with van der Waals surface area (Å²) < 4.78 is 0. The van der Waals surface area contributed by atoms with Gasteiger partial charge in [0.05, 0.1) is 6.04 Å². The van der Waals surface area contributed by atoms with Gasteiger partial charge < -0.3 is 5.32 Å². The number of rotatable bonds is 5. The first-order valence-corrected chi connectivity index (χ1v) is 7.15. The third-order valence-corrected chi connectivity index (χ3v) is 3.40. The van der Waals surface area contributed by atoms with Crippen LogP contribution in [-0.2, 0) is 6.42 Å². The predicted molar refractivity (Wildman–Crippen MR) is 82.8 cm³/mol. The van der Waals surface area contributed by atoms with E-state index in [9.17, 15) is 4.79 Å². The van der Waals surface area contributed by atoms with Crippen molar-refractivity contribution in [3.05, 3.63) is 71.3 Å². The first-order valence-electron chi connectivity index (χ1n) is 7.15. The Balaban J connectivity index is 2.01. The molecule has 0 aliphatic carbocycles. The van der Waals surface area contributed by atoms with E-state index in [-0.39, 0.29) is 11.9 Å². The van der Waals surface area contributed by atoms with Crippen LogP contribution in [0.1, 0.15) is 47.8 Å². The molecular weight excluding hydrogens is 246 g/mol. The monoisotopic (exact) mass is 267 g/mol. The van der Waals surface area contributed by atoms with Crippen molar-refractivity contribution >= 4 is 5.91 Å². The summed E-state index contributed by atoms with van der Waals surface area (Å²) in [6.45, 7) is 4.15. The number of amides is 1. The van der Waals surface area contributed by atoms with Gasteiger partial charge in [0.25, 0.3) is 5.91 Å². The minimum absolute atomic E-state index is 0.0130. The number of carbonyl (C=O) groups is 1. The first kappa shape index (κ1) is 14.3. The van der Waals surface area contributed by atoms with Gasteiger partial charge in [-0.2, -0.15) is 0 Å². The summed E-state index contributed by atoms with van der Waals surface area (Å²) in [4.78, 5) is 12.2. The lowest BCUT2D eigenvalue weighted by Crippen LogP contribution is -2.26. The summed E-state index contributed by atoms with van der Waals surface area (Å²) in [5.41, 5.74) is 3.11. The molecule has 0 aromatic heterocycles. The van der Waals surface area contributed by atoms with Crippen LogP contribution in [0.4, 0.5) is 0 Å². The van der Waals surface area contributed by atoms with Gasteiger partial charge in [0.15, 0.2) is 0 Å². The molecule has 0 heterocycles. The van der Waals surface area contributed by atoms with Gasteiger partial charge in [-0.3, -0.25) is 4.79 Å². The molecule has 2 aromatic carbocycles. The van der Waals surface area contributed by atoms with Crippen LogP contribution < -0.4 is 5.32 Å². The second-order valence-electron chi connectivity index (χ2n) is 5.05. The van der Waals surface area contributed by atoms with Crippen LogP contribution in [0.15, 0.2) is 54.6 Å². The van der Waals surface area contributed by atoms with Crippen LogP contribution in [0.5, 0.6) is 0 Å². The Labute approximate surface area is 120 Å². The summed E-state index contributed by atoms with van der Waals surface area (Å²) in [6.07, 6.45) is 2.18. The van der Waals surface area contributed by atoms with Crippen molar-refractivity contribution < 1.29 is 4.79 Å². The second-order valence-corrected chi connectivity index (χ2v) is 5.05. The highest BCUT2D eigenvalue weighted by Gasteiger charge is 2.10. The summed E-state index contributed by atoms with van der Waals surface area (Å²) in [7, 11) is 0. The number of carbonyl (C=O) groups excluding carboxylic acids is 1. The zero-order valence-corrected chi connectivity index (χ0v) is 12.1. The van der Waals surface area contributed by atoms with E-state index >= 15 is 0 Å². The lowest BCUT2D eigenvalue weighted by atomic mass is 10.1. The second kappa shape index (κ2) is 6.90. The van der Waals surface area contributed by atoms with Crippen molar-refractivity contribution in [3.8, 4) is 0 Å². The molecule has 1 N–H and O–H groups in total. The number of nitrogens with one attached hydrogen (secondary N) is 1. The molecule has 20 heavy (non-hydrogen) atoms. The van der Waals surface area contributed by atoms with Gasteiger partial charge in [-0.25, -0.2) is 0 Å². The van der Waals surface area contributed by atoms with Crippen LogP contribution in [-0.4, -0.2) is 5.91 Å². The summed E-state index contributed by atoms with van der Waals surface area (Å²) in [6, 6.07) is 17.9. The molecule has 1 unspecified atom stereocenters. The Bertz CT molecular complexity index is 545. The highest BCUT2D eigenvalue weighted by atomic mass is 16.1. The SMILES string of the molecule is CCCc1ccc(C(=O)NC(C)c2ccccc2)cc1. The highest BCUT2D eigenvalue weighted by molar-refractivity contribution is 5.94. The van der Waals surface area contributed by atoms with E-state index in [4.69, 9.17) is 0 Å². The van der Waals surface area contributed by atoms with E-state index in [0.29, 0.717) is 5.56 Å². The number of aryl methyl sites for hydroxylation is 1. The van der Waals surface area contributed by atoms with Crippen LogP contribution in [0.25, 0.3) is 0 Å². The average molecular weight is 267 g/mol. The van der Waals surface area contributed by atoms with Crippen LogP contribution >= 0.6 is 0 Å². The lowest BCUT2D eigenvalue weighted by molar-refractivity contribution is 0.0940. The molecule has 1 amide bonds. The minimum Gasteiger partial charge on any atom is -0.346 e. The normalized spacial score (nSPS) is 11.9. The third-order valence-electron chi connectivity index (χ3n) is 3.40. The molecule has 2 nitrogen and oxygen atoms in total. The Morgan fingerprint density at radius 3 is 2.30 bits per heavy atom. The van der Waals surface area contributed by atoms with E-state index < -0.39 is 0 Å². The van der Waals surface area contributed by atoms with Crippen molar-refractivity contribution in [3.63, 3.8) is 0 Å². The molecule has 0 aliphatic heterocycles. The largest absolute Gasteiger partial charge is 0.346 e. The Morgan fingerprint density at radius 2 is 1.70 bits per heavy atom. The van der Waals surface area contributed by atoms with E-state index in [0.717, 1.165) is 18.4 Å². The minimum atomic E-state index is -0.0237. The van der Waals surface area contributed by atoms with Gasteiger partial charge in [-0.15, -0.1) is 0 Å². The predicted octanol–water partition coefficient (Wildman–Crippen LogP) is 4.13. The zero-order chi connectivity index (χ0) is 14.4. The maximum atomic E-state index is 12.2. The Kier molecular flexibility index (Phi) is 4.94. The summed E-state index contributed by atoms with van der Waals surface area (Å²) in [5, 5.41) is 3.02. The number of benzene rings is 2. The lowest BCUT2D eigenvalue weighted by Gasteiger charge is -2.14. The van der Waals surface area contributed by atoms with Gasteiger partial charge in [0.1, 0.15) is 0 Å². The number of hydrogen-bond acceptors (Lipinski definition) is 1. The molecule has 0 fully saturated rings. The van der Waals surface area contributed by atoms with Crippen LogP contribution in [0, 0.1) is 0 Å². The molecule has 0 saturated heterocycles. The maximum Gasteiger partial charge on any atom is 0.251 e. The van der Waals surface area contributed by atoms with Gasteiger partial charge in [-0.05, 0) is 36.6 Å². The summed E-state index contributed by atoms with van der Waals surface area (Å²) in [5.74, 6) is -0.0237. The Morgan fingerprint density at radius 1 is 1.05 bits per heavy atom. The van der Waals surface area contributed by atoms with E-state index in [2.05, 4.69) is 12.2 Å². The van der Waals surface area contributed by atoms with Crippen molar-refractivity contribution in [2.45, 2.75) is 32.7 Å². The molecule has 1 atom stereocenters. The molecule has 0 aliphatic rings. The molecular formula is C18H21NO. The molecule has 2 rings (SSSR count). The molecule has 0 bridgehead atoms. The standard InChI is InChI=1S/C18H21NO/c1-3-7-15-10-12-17(13-11-15)18(20)19-14(2)16-8-5-4-6-9-16/h4-6,8-14H,3,7H2,1-2H3,(H,19,20). The van der Waals surface area contributed by atoms with Crippen molar-refractivity contribution in [1.29, 1.82) is 0 Å². The van der Waals surface area contributed by atoms with E-state index in [1.807, 2.05) is 61.5 Å². The number of hydrogen-bond donors (Lipinski definition) is 1.